The molecule has 0 aromatic carbocycles. The van der Waals surface area contributed by atoms with Crippen LogP contribution in [0.3, 0.4) is 0 Å². The maximum absolute atomic E-state index is 11.8. The zero-order valence-electron chi connectivity index (χ0n) is 6.70. The van der Waals surface area contributed by atoms with Gasteiger partial charge in [-0.2, -0.15) is 18.3 Å². The summed E-state index contributed by atoms with van der Waals surface area (Å²) in [6.45, 7) is 0.0632. The lowest BCUT2D eigenvalue weighted by Gasteiger charge is -2.13. The van der Waals surface area contributed by atoms with E-state index in [1.165, 1.54) is 10.9 Å². The van der Waals surface area contributed by atoms with E-state index in [4.69, 9.17) is 5.11 Å². The lowest BCUT2D eigenvalue weighted by Crippen LogP contribution is -2.29. The highest BCUT2D eigenvalue weighted by molar-refractivity contribution is 4.78. The van der Waals surface area contributed by atoms with E-state index in [1.807, 2.05) is 0 Å². The van der Waals surface area contributed by atoms with Crippen LogP contribution in [0.5, 0.6) is 0 Å². The predicted octanol–water partition coefficient (Wildman–Crippen LogP) is 1.20. The van der Waals surface area contributed by atoms with Crippen molar-refractivity contribution in [3.05, 3.63) is 18.5 Å². The standard InChI is InChI=1S/C7H9F3N2O/c8-7(9,10)6(13)2-5-12-4-1-3-11-12/h1,3-4,6,13H,2,5H2/t6-/m0/s1. The first kappa shape index (κ1) is 10.0. The first-order valence-electron chi connectivity index (χ1n) is 3.72. The minimum absolute atomic E-state index is 0.0632. The molecule has 3 nitrogen and oxygen atoms in total. The Kier molecular flexibility index (Phi) is 2.92. The Morgan fingerprint density at radius 2 is 2.15 bits per heavy atom. The maximum Gasteiger partial charge on any atom is 0.414 e. The Bertz CT molecular complexity index is 245. The lowest BCUT2D eigenvalue weighted by molar-refractivity contribution is -0.206. The van der Waals surface area contributed by atoms with Crippen molar-refractivity contribution in [3.8, 4) is 0 Å². The van der Waals surface area contributed by atoms with E-state index >= 15 is 0 Å². The number of aliphatic hydroxyl groups excluding tert-OH is 1. The summed E-state index contributed by atoms with van der Waals surface area (Å²) < 4.78 is 36.7. The van der Waals surface area contributed by atoms with Crippen molar-refractivity contribution in [2.45, 2.75) is 25.2 Å². The van der Waals surface area contributed by atoms with Gasteiger partial charge in [0.2, 0.25) is 0 Å². The van der Waals surface area contributed by atoms with E-state index in [2.05, 4.69) is 5.10 Å². The molecule has 0 spiro atoms. The summed E-state index contributed by atoms with van der Waals surface area (Å²) in [5.41, 5.74) is 0. The molecule has 0 saturated carbocycles. The summed E-state index contributed by atoms with van der Waals surface area (Å²) in [6, 6.07) is 1.61. The van der Waals surface area contributed by atoms with Gasteiger partial charge < -0.3 is 5.11 Å². The van der Waals surface area contributed by atoms with Crippen LogP contribution >= 0.6 is 0 Å². The summed E-state index contributed by atoms with van der Waals surface area (Å²) >= 11 is 0. The van der Waals surface area contributed by atoms with Gasteiger partial charge in [-0.25, -0.2) is 0 Å². The average Bonchev–Trinajstić information content (AvgIpc) is 2.50. The topological polar surface area (TPSA) is 38.0 Å². The zero-order valence-corrected chi connectivity index (χ0v) is 6.70. The van der Waals surface area contributed by atoms with Gasteiger partial charge in [-0.3, -0.25) is 4.68 Å². The molecule has 13 heavy (non-hydrogen) atoms. The van der Waals surface area contributed by atoms with Gasteiger partial charge in [0.1, 0.15) is 0 Å². The van der Waals surface area contributed by atoms with Crippen LogP contribution < -0.4 is 0 Å². The van der Waals surface area contributed by atoms with E-state index in [0.29, 0.717) is 0 Å². The van der Waals surface area contributed by atoms with Crippen LogP contribution in [-0.4, -0.2) is 27.2 Å². The van der Waals surface area contributed by atoms with E-state index in [9.17, 15) is 13.2 Å². The Balaban J connectivity index is 2.35. The van der Waals surface area contributed by atoms with Crippen molar-refractivity contribution < 1.29 is 18.3 Å². The molecule has 1 aromatic rings. The number of rotatable bonds is 3. The second kappa shape index (κ2) is 3.78. The minimum Gasteiger partial charge on any atom is -0.384 e. The second-order valence-electron chi connectivity index (χ2n) is 2.62. The molecule has 0 amide bonds. The first-order chi connectivity index (χ1) is 6.00. The molecule has 1 heterocycles. The minimum atomic E-state index is -4.53. The largest absolute Gasteiger partial charge is 0.414 e. The Morgan fingerprint density at radius 3 is 2.62 bits per heavy atom. The summed E-state index contributed by atoms with van der Waals surface area (Å²) in [5.74, 6) is 0. The number of alkyl halides is 3. The third-order valence-electron chi connectivity index (χ3n) is 1.57. The predicted molar refractivity (Wildman–Crippen MR) is 38.9 cm³/mol. The molecule has 0 fully saturated rings. The first-order valence-corrected chi connectivity index (χ1v) is 3.72. The molecule has 0 radical (unpaired) electrons. The van der Waals surface area contributed by atoms with Crippen LogP contribution in [0, 0.1) is 0 Å². The smallest absolute Gasteiger partial charge is 0.384 e. The number of nitrogens with zero attached hydrogens (tertiary/aromatic N) is 2. The monoisotopic (exact) mass is 194 g/mol. The Labute approximate surface area is 72.8 Å². The molecule has 1 aromatic heterocycles. The van der Waals surface area contributed by atoms with Crippen molar-refractivity contribution in [3.63, 3.8) is 0 Å². The summed E-state index contributed by atoms with van der Waals surface area (Å²) in [7, 11) is 0. The quantitative estimate of drug-likeness (QED) is 0.785. The number of halogens is 3. The maximum atomic E-state index is 11.8. The van der Waals surface area contributed by atoms with E-state index in [0.717, 1.165) is 0 Å². The summed E-state index contributed by atoms with van der Waals surface area (Å²) in [6.07, 6.45) is -4.15. The number of aliphatic hydroxyl groups is 1. The van der Waals surface area contributed by atoms with Crippen molar-refractivity contribution in [2.24, 2.45) is 0 Å². The fraction of sp³-hybridized carbons (Fsp3) is 0.571. The van der Waals surface area contributed by atoms with Gasteiger partial charge in [0, 0.05) is 25.4 Å². The molecule has 0 aliphatic heterocycles. The summed E-state index contributed by atoms with van der Waals surface area (Å²) in [5, 5.41) is 12.3. The average molecular weight is 194 g/mol. The van der Waals surface area contributed by atoms with Crippen LogP contribution in [0.25, 0.3) is 0 Å². The van der Waals surface area contributed by atoms with Crippen LogP contribution in [0.1, 0.15) is 6.42 Å². The zero-order chi connectivity index (χ0) is 9.90. The third kappa shape index (κ3) is 3.06. The van der Waals surface area contributed by atoms with E-state index < -0.39 is 12.3 Å². The number of aromatic nitrogens is 2. The van der Waals surface area contributed by atoms with E-state index in [-0.39, 0.29) is 13.0 Å². The third-order valence-corrected chi connectivity index (χ3v) is 1.57. The highest BCUT2D eigenvalue weighted by atomic mass is 19.4. The number of hydrogen-bond acceptors (Lipinski definition) is 2. The molecule has 0 saturated heterocycles. The fourth-order valence-electron chi connectivity index (χ4n) is 0.851. The Morgan fingerprint density at radius 1 is 1.46 bits per heavy atom. The molecular weight excluding hydrogens is 185 g/mol. The number of hydrogen-bond donors (Lipinski definition) is 1. The normalized spacial score (nSPS) is 14.5. The molecule has 0 bridgehead atoms. The van der Waals surface area contributed by atoms with Crippen molar-refractivity contribution in [2.75, 3.05) is 0 Å². The van der Waals surface area contributed by atoms with Gasteiger partial charge in [0.25, 0.3) is 0 Å². The van der Waals surface area contributed by atoms with Crippen molar-refractivity contribution >= 4 is 0 Å². The molecule has 0 unspecified atom stereocenters. The summed E-state index contributed by atoms with van der Waals surface area (Å²) in [4.78, 5) is 0. The van der Waals surface area contributed by atoms with Crippen molar-refractivity contribution in [1.82, 2.24) is 9.78 Å². The molecular formula is C7H9F3N2O. The molecule has 0 aliphatic rings. The fourth-order valence-corrected chi connectivity index (χ4v) is 0.851. The van der Waals surface area contributed by atoms with Gasteiger partial charge in [-0.15, -0.1) is 0 Å². The van der Waals surface area contributed by atoms with Crippen LogP contribution in [0.15, 0.2) is 18.5 Å². The SMILES string of the molecule is O[C@@H](CCn1cccn1)C(F)(F)F. The van der Waals surface area contributed by atoms with E-state index in [1.54, 1.807) is 12.3 Å². The molecule has 1 atom stereocenters. The molecule has 6 heteroatoms. The Hall–Kier alpha value is -1.04. The molecule has 1 N–H and O–H groups in total. The van der Waals surface area contributed by atoms with Gasteiger partial charge >= 0.3 is 6.18 Å². The lowest BCUT2D eigenvalue weighted by atomic mass is 10.2. The van der Waals surface area contributed by atoms with Crippen LogP contribution in [0.4, 0.5) is 13.2 Å². The number of aryl methyl sites for hydroxylation is 1. The highest BCUT2D eigenvalue weighted by Gasteiger charge is 2.37. The van der Waals surface area contributed by atoms with Gasteiger partial charge in [0.15, 0.2) is 6.10 Å². The molecule has 74 valence electrons. The highest BCUT2D eigenvalue weighted by Crippen LogP contribution is 2.22. The second-order valence-corrected chi connectivity index (χ2v) is 2.62. The molecule has 0 aliphatic carbocycles. The van der Waals surface area contributed by atoms with Crippen LogP contribution in [-0.2, 0) is 6.54 Å². The molecule has 1 rings (SSSR count). The van der Waals surface area contributed by atoms with Crippen molar-refractivity contribution in [1.29, 1.82) is 0 Å². The van der Waals surface area contributed by atoms with Crippen LogP contribution in [0.2, 0.25) is 0 Å². The van der Waals surface area contributed by atoms with Gasteiger partial charge in [-0.05, 0) is 6.07 Å². The van der Waals surface area contributed by atoms with Gasteiger partial charge in [-0.1, -0.05) is 0 Å². The van der Waals surface area contributed by atoms with Gasteiger partial charge in [0.05, 0.1) is 0 Å².